The number of aliphatic imine (C=N–C) groups is 1. The maximum atomic E-state index is 5.61. The molecule has 1 aliphatic heterocycles. The summed E-state index contributed by atoms with van der Waals surface area (Å²) < 4.78 is 5.85. The third kappa shape index (κ3) is 2.93. The first kappa shape index (κ1) is 12.3. The summed E-state index contributed by atoms with van der Waals surface area (Å²) in [5.74, 6) is 1.50. The average molecular weight is 241 g/mol. The third-order valence-electron chi connectivity index (χ3n) is 3.86. The molecule has 0 radical (unpaired) electrons. The van der Waals surface area contributed by atoms with Gasteiger partial charge in [-0.2, -0.15) is 12.6 Å². The molecule has 0 spiro atoms. The molecule has 0 saturated heterocycles. The predicted octanol–water partition coefficient (Wildman–Crippen LogP) is 3.46. The van der Waals surface area contributed by atoms with E-state index in [4.69, 9.17) is 17.4 Å². The summed E-state index contributed by atoms with van der Waals surface area (Å²) in [6.07, 6.45) is 8.86. The topological polar surface area (TPSA) is 21.6 Å². The highest BCUT2D eigenvalue weighted by atomic mass is 32.1. The van der Waals surface area contributed by atoms with Gasteiger partial charge in [-0.25, -0.2) is 0 Å². The van der Waals surface area contributed by atoms with E-state index in [1.807, 2.05) is 0 Å². The molecular weight excluding hydrogens is 218 g/mol. The van der Waals surface area contributed by atoms with Crippen molar-refractivity contribution in [3.05, 3.63) is 0 Å². The van der Waals surface area contributed by atoms with Crippen molar-refractivity contribution in [2.45, 2.75) is 56.6 Å². The third-order valence-corrected chi connectivity index (χ3v) is 4.49. The molecule has 2 aliphatic rings. The van der Waals surface area contributed by atoms with E-state index in [0.717, 1.165) is 31.9 Å². The van der Waals surface area contributed by atoms with Gasteiger partial charge in [0, 0.05) is 10.7 Å². The van der Waals surface area contributed by atoms with Gasteiger partial charge in [0.05, 0.1) is 6.54 Å². The van der Waals surface area contributed by atoms with Crippen molar-refractivity contribution in [3.8, 4) is 0 Å². The van der Waals surface area contributed by atoms with E-state index in [0.29, 0.717) is 5.92 Å². The van der Waals surface area contributed by atoms with Crippen LogP contribution in [0.25, 0.3) is 0 Å². The van der Waals surface area contributed by atoms with Gasteiger partial charge in [0.2, 0.25) is 0 Å². The summed E-state index contributed by atoms with van der Waals surface area (Å²) in [5.41, 5.74) is 0. The van der Waals surface area contributed by atoms with Gasteiger partial charge in [-0.05, 0) is 25.7 Å². The quantitative estimate of drug-likeness (QED) is 0.748. The largest absolute Gasteiger partial charge is 0.479 e. The first-order valence-corrected chi connectivity index (χ1v) is 7.08. The Kier molecular flexibility index (Phi) is 4.17. The molecule has 92 valence electrons. The predicted molar refractivity (Wildman–Crippen MR) is 71.5 cm³/mol. The number of hydrogen-bond donors (Lipinski definition) is 1. The van der Waals surface area contributed by atoms with Gasteiger partial charge < -0.3 is 4.74 Å². The molecule has 3 heteroatoms. The minimum Gasteiger partial charge on any atom is -0.479 e. The maximum absolute atomic E-state index is 5.61. The van der Waals surface area contributed by atoms with Crippen LogP contribution in [0.3, 0.4) is 0 Å². The highest BCUT2D eigenvalue weighted by Crippen LogP contribution is 2.40. The molecular formula is C13H23NOS. The van der Waals surface area contributed by atoms with Crippen molar-refractivity contribution in [1.82, 2.24) is 0 Å². The monoisotopic (exact) mass is 241 g/mol. The average Bonchev–Trinajstić information content (AvgIpc) is 2.80. The number of ether oxygens (including phenoxy) is 1. The molecule has 16 heavy (non-hydrogen) atoms. The van der Waals surface area contributed by atoms with E-state index in [1.54, 1.807) is 0 Å². The summed E-state index contributed by atoms with van der Waals surface area (Å²) >= 11 is 4.93. The van der Waals surface area contributed by atoms with Gasteiger partial charge in [0.1, 0.15) is 6.61 Å². The molecule has 1 heterocycles. The fourth-order valence-corrected chi connectivity index (χ4v) is 3.41. The van der Waals surface area contributed by atoms with Crippen molar-refractivity contribution in [3.63, 3.8) is 0 Å². The zero-order valence-corrected chi connectivity index (χ0v) is 11.1. The van der Waals surface area contributed by atoms with E-state index >= 15 is 0 Å². The smallest absolute Gasteiger partial charge is 0.186 e. The molecule has 1 saturated carbocycles. The van der Waals surface area contributed by atoms with Crippen LogP contribution in [0, 0.1) is 5.92 Å². The standard InChI is InChI=1S/C13H23NOS/c1-2-11(12-14-8-9-15-12)10-13(16)6-4-3-5-7-13/h11,16H,2-10H2,1H3. The van der Waals surface area contributed by atoms with Crippen molar-refractivity contribution in [1.29, 1.82) is 0 Å². The first-order chi connectivity index (χ1) is 7.73. The lowest BCUT2D eigenvalue weighted by molar-refractivity contribution is 0.292. The minimum atomic E-state index is 0.243. The lowest BCUT2D eigenvalue weighted by Crippen LogP contribution is -2.31. The van der Waals surface area contributed by atoms with Crippen molar-refractivity contribution in [2.75, 3.05) is 13.2 Å². The van der Waals surface area contributed by atoms with Gasteiger partial charge >= 0.3 is 0 Å². The number of thiol groups is 1. The summed E-state index contributed by atoms with van der Waals surface area (Å²) in [5, 5.41) is 0. The molecule has 2 nitrogen and oxygen atoms in total. The minimum absolute atomic E-state index is 0.243. The molecule has 0 aromatic rings. The molecule has 1 fully saturated rings. The number of hydrogen-bond acceptors (Lipinski definition) is 3. The summed E-state index contributed by atoms with van der Waals surface area (Å²) in [7, 11) is 0. The van der Waals surface area contributed by atoms with Crippen LogP contribution in [-0.4, -0.2) is 23.8 Å². The molecule has 0 amide bonds. The first-order valence-electron chi connectivity index (χ1n) is 6.63. The van der Waals surface area contributed by atoms with Crippen molar-refractivity contribution >= 4 is 18.5 Å². The Morgan fingerprint density at radius 1 is 1.38 bits per heavy atom. The molecule has 1 aliphatic carbocycles. The van der Waals surface area contributed by atoms with Crippen LogP contribution in [-0.2, 0) is 4.74 Å². The second-order valence-electron chi connectivity index (χ2n) is 5.16. The summed E-state index contributed by atoms with van der Waals surface area (Å²) in [6.45, 7) is 3.87. The van der Waals surface area contributed by atoms with E-state index in [9.17, 15) is 0 Å². The van der Waals surface area contributed by atoms with Crippen LogP contribution in [0.5, 0.6) is 0 Å². The molecule has 1 atom stereocenters. The van der Waals surface area contributed by atoms with Crippen LogP contribution in [0.4, 0.5) is 0 Å². The van der Waals surface area contributed by atoms with Crippen LogP contribution >= 0.6 is 12.6 Å². The Morgan fingerprint density at radius 2 is 2.12 bits per heavy atom. The lowest BCUT2D eigenvalue weighted by Gasteiger charge is -2.35. The maximum Gasteiger partial charge on any atom is 0.186 e. The lowest BCUT2D eigenvalue weighted by atomic mass is 9.81. The van der Waals surface area contributed by atoms with Gasteiger partial charge in [0.15, 0.2) is 5.90 Å². The fourth-order valence-electron chi connectivity index (χ4n) is 2.88. The van der Waals surface area contributed by atoms with E-state index in [1.165, 1.54) is 32.1 Å². The number of nitrogens with zero attached hydrogens (tertiary/aromatic N) is 1. The van der Waals surface area contributed by atoms with Gasteiger partial charge in [-0.3, -0.25) is 4.99 Å². The molecule has 1 unspecified atom stereocenters. The van der Waals surface area contributed by atoms with Gasteiger partial charge in [-0.1, -0.05) is 26.2 Å². The molecule has 2 rings (SSSR count). The highest BCUT2D eigenvalue weighted by molar-refractivity contribution is 7.81. The zero-order chi connectivity index (χ0) is 11.4. The van der Waals surface area contributed by atoms with E-state index in [-0.39, 0.29) is 4.75 Å². The van der Waals surface area contributed by atoms with Gasteiger partial charge in [0.25, 0.3) is 0 Å². The van der Waals surface area contributed by atoms with E-state index < -0.39 is 0 Å². The number of rotatable bonds is 4. The van der Waals surface area contributed by atoms with Crippen LogP contribution in [0.15, 0.2) is 4.99 Å². The Morgan fingerprint density at radius 3 is 2.69 bits per heavy atom. The van der Waals surface area contributed by atoms with Crippen LogP contribution in [0.1, 0.15) is 51.9 Å². The Labute approximate surface area is 104 Å². The molecule has 0 bridgehead atoms. The summed E-state index contributed by atoms with van der Waals surface area (Å²) in [4.78, 5) is 4.46. The molecule has 0 aromatic heterocycles. The summed E-state index contributed by atoms with van der Waals surface area (Å²) in [6, 6.07) is 0. The van der Waals surface area contributed by atoms with Gasteiger partial charge in [-0.15, -0.1) is 0 Å². The molecule has 0 aromatic carbocycles. The Balaban J connectivity index is 1.94. The van der Waals surface area contributed by atoms with Crippen LogP contribution < -0.4 is 0 Å². The zero-order valence-electron chi connectivity index (χ0n) is 10.2. The second kappa shape index (κ2) is 5.44. The normalized spacial score (nSPS) is 26.0. The van der Waals surface area contributed by atoms with Crippen LogP contribution in [0.2, 0.25) is 0 Å². The fraction of sp³-hybridized carbons (Fsp3) is 0.923. The Bertz CT molecular complexity index is 259. The highest BCUT2D eigenvalue weighted by Gasteiger charge is 2.33. The SMILES string of the molecule is CCC(CC1(S)CCCCC1)C1=NCCO1. The van der Waals surface area contributed by atoms with E-state index in [2.05, 4.69) is 11.9 Å². The van der Waals surface area contributed by atoms with Crippen molar-refractivity contribution in [2.24, 2.45) is 10.9 Å². The molecule has 0 N–H and O–H groups in total. The second-order valence-corrected chi connectivity index (χ2v) is 6.11. The Hall–Kier alpha value is -0.180. The van der Waals surface area contributed by atoms with Crippen molar-refractivity contribution < 1.29 is 4.74 Å².